The average molecular weight is 374 g/mol. The predicted molar refractivity (Wildman–Crippen MR) is 90.3 cm³/mol. The summed E-state index contributed by atoms with van der Waals surface area (Å²) in [5, 5.41) is 3.48. The molecule has 108 valence electrons. The maximum absolute atomic E-state index is 13.6. The predicted octanol–water partition coefficient (Wildman–Crippen LogP) is 4.96. The van der Waals surface area contributed by atoms with Gasteiger partial charge in [0, 0.05) is 21.6 Å². The van der Waals surface area contributed by atoms with Crippen molar-refractivity contribution in [1.29, 1.82) is 0 Å². The molecule has 1 atom stereocenters. The lowest BCUT2D eigenvalue weighted by Crippen LogP contribution is -2.33. The number of hydrogen-bond donors (Lipinski definition) is 1. The van der Waals surface area contributed by atoms with Crippen molar-refractivity contribution in [1.82, 2.24) is 5.32 Å². The molecule has 1 N–H and O–H groups in total. The van der Waals surface area contributed by atoms with Crippen LogP contribution in [0.15, 0.2) is 45.1 Å². The quantitative estimate of drug-likeness (QED) is 0.688. The number of nitrogens with one attached hydrogen (secondary N) is 1. The molecular weight excluding hydrogens is 357 g/mol. The Kier molecular flexibility index (Phi) is 6.55. The van der Waals surface area contributed by atoms with Gasteiger partial charge in [-0.05, 0) is 53.2 Å². The lowest BCUT2D eigenvalue weighted by molar-refractivity contribution is 0.574. The Morgan fingerprint density at radius 1 is 1.30 bits per heavy atom. The van der Waals surface area contributed by atoms with Crippen LogP contribution >= 0.6 is 39.0 Å². The summed E-state index contributed by atoms with van der Waals surface area (Å²) in [5.74, 6) is 0.733. The molecule has 0 fully saturated rings. The van der Waals surface area contributed by atoms with Gasteiger partial charge in [-0.3, -0.25) is 0 Å². The first-order chi connectivity index (χ1) is 9.69. The molecule has 1 aromatic carbocycles. The van der Waals surface area contributed by atoms with Crippen molar-refractivity contribution in [2.24, 2.45) is 0 Å². The first-order valence-corrected chi connectivity index (χ1v) is 9.13. The van der Waals surface area contributed by atoms with Crippen molar-refractivity contribution >= 4 is 39.0 Å². The van der Waals surface area contributed by atoms with Crippen LogP contribution in [-0.2, 0) is 6.42 Å². The standard InChI is InChI=1S/C15H17BrFNS2/c1-2-18-11(9-12-7-8-15(16)20-12)10-19-14-6-4-3-5-13(14)17/h3-8,11,18H,2,9-10H2,1H3. The molecule has 0 aliphatic rings. The van der Waals surface area contributed by atoms with Crippen molar-refractivity contribution in [3.63, 3.8) is 0 Å². The third-order valence-corrected chi connectivity index (χ3v) is 5.70. The molecular formula is C15H17BrFNS2. The first-order valence-electron chi connectivity index (χ1n) is 6.54. The largest absolute Gasteiger partial charge is 0.313 e. The summed E-state index contributed by atoms with van der Waals surface area (Å²) in [4.78, 5) is 2.07. The van der Waals surface area contributed by atoms with Gasteiger partial charge < -0.3 is 5.32 Å². The van der Waals surface area contributed by atoms with Crippen molar-refractivity contribution in [3.8, 4) is 0 Å². The maximum Gasteiger partial charge on any atom is 0.136 e. The van der Waals surface area contributed by atoms with E-state index in [2.05, 4.69) is 40.3 Å². The van der Waals surface area contributed by atoms with Crippen molar-refractivity contribution in [2.75, 3.05) is 12.3 Å². The third kappa shape index (κ3) is 4.88. The van der Waals surface area contributed by atoms with E-state index in [1.54, 1.807) is 29.2 Å². The second kappa shape index (κ2) is 8.17. The molecule has 0 aliphatic carbocycles. The van der Waals surface area contributed by atoms with Gasteiger partial charge in [-0.2, -0.15) is 0 Å². The monoisotopic (exact) mass is 373 g/mol. The summed E-state index contributed by atoms with van der Waals surface area (Å²) in [6, 6.07) is 11.5. The zero-order chi connectivity index (χ0) is 14.4. The Morgan fingerprint density at radius 3 is 2.75 bits per heavy atom. The molecule has 0 spiro atoms. The summed E-state index contributed by atoms with van der Waals surface area (Å²) in [6.45, 7) is 3.03. The molecule has 2 aromatic rings. The zero-order valence-electron chi connectivity index (χ0n) is 11.2. The van der Waals surface area contributed by atoms with Crippen LogP contribution in [0.1, 0.15) is 11.8 Å². The first kappa shape index (κ1) is 16.0. The molecule has 0 bridgehead atoms. The van der Waals surface area contributed by atoms with Crippen LogP contribution < -0.4 is 5.32 Å². The van der Waals surface area contributed by atoms with Gasteiger partial charge in [0.25, 0.3) is 0 Å². The van der Waals surface area contributed by atoms with Gasteiger partial charge in [0.1, 0.15) is 5.82 Å². The third-order valence-electron chi connectivity index (χ3n) is 2.85. The minimum absolute atomic E-state index is 0.133. The SMILES string of the molecule is CCNC(CSc1ccccc1F)Cc1ccc(Br)s1. The molecule has 5 heteroatoms. The number of hydrogen-bond acceptors (Lipinski definition) is 3. The van der Waals surface area contributed by atoms with E-state index in [1.165, 1.54) is 10.9 Å². The number of likely N-dealkylation sites (N-methyl/N-ethyl adjacent to an activating group) is 1. The summed E-state index contributed by atoms with van der Waals surface area (Å²) < 4.78 is 14.8. The van der Waals surface area contributed by atoms with E-state index < -0.39 is 0 Å². The van der Waals surface area contributed by atoms with E-state index in [0.29, 0.717) is 6.04 Å². The molecule has 0 saturated heterocycles. The van der Waals surface area contributed by atoms with E-state index in [0.717, 1.165) is 27.4 Å². The number of rotatable bonds is 7. The second-order valence-corrected chi connectivity index (χ2v) is 8.02. The highest BCUT2D eigenvalue weighted by Crippen LogP contribution is 2.26. The van der Waals surface area contributed by atoms with Gasteiger partial charge in [-0.1, -0.05) is 19.1 Å². The molecule has 1 nitrogen and oxygen atoms in total. The van der Waals surface area contributed by atoms with E-state index in [4.69, 9.17) is 0 Å². The Bertz CT molecular complexity index is 544. The zero-order valence-corrected chi connectivity index (χ0v) is 14.5. The number of thiophene rings is 1. The second-order valence-electron chi connectivity index (χ2n) is 4.41. The lowest BCUT2D eigenvalue weighted by Gasteiger charge is -2.16. The van der Waals surface area contributed by atoms with E-state index >= 15 is 0 Å². The van der Waals surface area contributed by atoms with Gasteiger partial charge in [0.05, 0.1) is 3.79 Å². The minimum Gasteiger partial charge on any atom is -0.313 e. The van der Waals surface area contributed by atoms with Crippen molar-refractivity contribution in [2.45, 2.75) is 24.3 Å². The van der Waals surface area contributed by atoms with Crippen LogP contribution in [0, 0.1) is 5.82 Å². The summed E-state index contributed by atoms with van der Waals surface area (Å²) in [5.41, 5.74) is 0. The fraction of sp³-hybridized carbons (Fsp3) is 0.333. The highest BCUT2D eigenvalue weighted by molar-refractivity contribution is 9.11. The molecule has 2 rings (SSSR count). The van der Waals surface area contributed by atoms with Crippen LogP contribution in [-0.4, -0.2) is 18.3 Å². The number of thioether (sulfide) groups is 1. The Balaban J connectivity index is 1.94. The van der Waals surface area contributed by atoms with Crippen LogP contribution in [0.4, 0.5) is 4.39 Å². The normalized spacial score (nSPS) is 12.6. The molecule has 20 heavy (non-hydrogen) atoms. The van der Waals surface area contributed by atoms with Gasteiger partial charge >= 0.3 is 0 Å². The van der Waals surface area contributed by atoms with Crippen LogP contribution in [0.5, 0.6) is 0 Å². The average Bonchev–Trinajstić information content (AvgIpc) is 2.83. The molecule has 0 aliphatic heterocycles. The lowest BCUT2D eigenvalue weighted by atomic mass is 10.2. The smallest absolute Gasteiger partial charge is 0.136 e. The van der Waals surface area contributed by atoms with Gasteiger partial charge in [0.15, 0.2) is 0 Å². The van der Waals surface area contributed by atoms with Crippen molar-refractivity contribution in [3.05, 3.63) is 50.9 Å². The van der Waals surface area contributed by atoms with Gasteiger partial charge in [0.2, 0.25) is 0 Å². The molecule has 0 radical (unpaired) electrons. The van der Waals surface area contributed by atoms with Gasteiger partial charge in [-0.15, -0.1) is 23.1 Å². The Hall–Kier alpha value is -0.360. The number of halogens is 2. The van der Waals surface area contributed by atoms with Crippen LogP contribution in [0.3, 0.4) is 0 Å². The Labute approximate surface area is 136 Å². The molecule has 0 saturated carbocycles. The maximum atomic E-state index is 13.6. The van der Waals surface area contributed by atoms with Gasteiger partial charge in [-0.25, -0.2) is 4.39 Å². The van der Waals surface area contributed by atoms with E-state index in [9.17, 15) is 4.39 Å². The fourth-order valence-corrected chi connectivity index (χ4v) is 4.50. The topological polar surface area (TPSA) is 12.0 Å². The number of benzene rings is 1. The van der Waals surface area contributed by atoms with Crippen LogP contribution in [0.25, 0.3) is 0 Å². The van der Waals surface area contributed by atoms with E-state index in [-0.39, 0.29) is 5.82 Å². The summed E-state index contributed by atoms with van der Waals surface area (Å²) >= 11 is 6.83. The highest BCUT2D eigenvalue weighted by Gasteiger charge is 2.12. The Morgan fingerprint density at radius 2 is 2.10 bits per heavy atom. The summed E-state index contributed by atoms with van der Waals surface area (Å²) in [7, 11) is 0. The molecule has 0 amide bonds. The van der Waals surface area contributed by atoms with Crippen molar-refractivity contribution < 1.29 is 4.39 Å². The molecule has 1 unspecified atom stereocenters. The summed E-state index contributed by atoms with van der Waals surface area (Å²) in [6.07, 6.45) is 0.978. The highest BCUT2D eigenvalue weighted by atomic mass is 79.9. The fourth-order valence-electron chi connectivity index (χ4n) is 1.94. The molecule has 1 heterocycles. The molecule has 1 aromatic heterocycles. The van der Waals surface area contributed by atoms with Crippen LogP contribution in [0.2, 0.25) is 0 Å². The van der Waals surface area contributed by atoms with E-state index in [1.807, 2.05) is 12.1 Å². The minimum atomic E-state index is -0.133.